The Morgan fingerprint density at radius 2 is 2.06 bits per heavy atom. The molecule has 0 spiro atoms. The van der Waals surface area contributed by atoms with E-state index in [4.69, 9.17) is 5.11 Å². The number of methoxy groups -OCH3 is 1. The first-order valence-corrected chi connectivity index (χ1v) is 4.79. The van der Waals surface area contributed by atoms with Gasteiger partial charge in [0.1, 0.15) is 5.75 Å². The van der Waals surface area contributed by atoms with Crippen LogP contribution in [0, 0.1) is 10.1 Å². The van der Waals surface area contributed by atoms with Gasteiger partial charge in [0.2, 0.25) is 0 Å². The molecule has 1 rings (SSSR count). The van der Waals surface area contributed by atoms with Crippen molar-refractivity contribution in [2.75, 3.05) is 32.7 Å². The van der Waals surface area contributed by atoms with Gasteiger partial charge in [0, 0.05) is 26.8 Å². The van der Waals surface area contributed by atoms with Crippen molar-refractivity contribution in [2.24, 2.45) is 0 Å². The molecule has 17 heavy (non-hydrogen) atoms. The lowest BCUT2D eigenvalue weighted by molar-refractivity contribution is -0.384. The number of ether oxygens (including phenoxy) is 1. The Labute approximate surface area is 98.8 Å². The van der Waals surface area contributed by atoms with Gasteiger partial charge in [-0.15, -0.1) is 0 Å². The Hall–Kier alpha value is -1.86. The summed E-state index contributed by atoms with van der Waals surface area (Å²) in [5.41, 5.74) is 0.196. The lowest BCUT2D eigenvalue weighted by Crippen LogP contribution is -2.05. The molecule has 1 aromatic rings. The first kappa shape index (κ1) is 15.1. The summed E-state index contributed by atoms with van der Waals surface area (Å²) >= 11 is 0. The van der Waals surface area contributed by atoms with Crippen LogP contribution in [0.1, 0.15) is 0 Å². The van der Waals surface area contributed by atoms with E-state index in [0.29, 0.717) is 5.69 Å². The van der Waals surface area contributed by atoms with E-state index in [1.54, 1.807) is 14.2 Å². The van der Waals surface area contributed by atoms with Crippen LogP contribution in [0.3, 0.4) is 0 Å². The van der Waals surface area contributed by atoms with Crippen LogP contribution in [0.5, 0.6) is 5.75 Å². The number of nitro groups is 1. The van der Waals surface area contributed by atoms with Crippen LogP contribution >= 0.6 is 0 Å². The highest BCUT2D eigenvalue weighted by molar-refractivity contribution is 5.59. The quantitative estimate of drug-likeness (QED) is 0.414. The third-order valence-corrected chi connectivity index (χ3v) is 1.62. The van der Waals surface area contributed by atoms with Crippen molar-refractivity contribution >= 4 is 11.4 Å². The van der Waals surface area contributed by atoms with Gasteiger partial charge in [-0.05, 0) is 6.07 Å². The smallest absolute Gasteiger partial charge is 0.273 e. The van der Waals surface area contributed by atoms with Gasteiger partial charge in [-0.3, -0.25) is 10.1 Å². The number of nitro benzene ring substituents is 1. The summed E-state index contributed by atoms with van der Waals surface area (Å²) in [5.74, 6) is -0.201. The predicted molar refractivity (Wildman–Crippen MR) is 63.3 cm³/mol. The van der Waals surface area contributed by atoms with Crippen LogP contribution in [0.4, 0.5) is 11.4 Å². The van der Waals surface area contributed by atoms with Crippen molar-refractivity contribution in [3.8, 4) is 5.75 Å². The number of aliphatic hydroxyl groups is 1. The van der Waals surface area contributed by atoms with Gasteiger partial charge in [-0.2, -0.15) is 0 Å². The van der Waals surface area contributed by atoms with E-state index in [0.717, 1.165) is 6.07 Å². The highest BCUT2D eigenvalue weighted by Gasteiger charge is 2.08. The van der Waals surface area contributed by atoms with Gasteiger partial charge in [-0.25, -0.2) is 0 Å². The van der Waals surface area contributed by atoms with Gasteiger partial charge in [0.15, 0.2) is 0 Å². The second-order valence-corrected chi connectivity index (χ2v) is 3.02. The maximum Gasteiger partial charge on any atom is 0.273 e. The Kier molecular flexibility index (Phi) is 7.40. The van der Waals surface area contributed by atoms with Gasteiger partial charge in [-0.1, -0.05) is 0 Å². The molecule has 0 unspecified atom stereocenters. The van der Waals surface area contributed by atoms with Crippen molar-refractivity contribution in [1.29, 1.82) is 0 Å². The fraction of sp³-hybridized carbons (Fsp3) is 0.400. The van der Waals surface area contributed by atoms with E-state index in [1.165, 1.54) is 12.1 Å². The topological polar surface area (TPSA) is 105 Å². The summed E-state index contributed by atoms with van der Waals surface area (Å²) < 4.78 is 4.25. The van der Waals surface area contributed by atoms with E-state index in [2.05, 4.69) is 10.1 Å². The molecular weight excluding hydrogens is 228 g/mol. The minimum absolute atomic E-state index is 0.0730. The normalized spacial score (nSPS) is 9.12. The van der Waals surface area contributed by atoms with Crippen molar-refractivity contribution < 1.29 is 19.9 Å². The molecule has 0 aliphatic rings. The van der Waals surface area contributed by atoms with Crippen LogP contribution < -0.4 is 5.32 Å². The van der Waals surface area contributed by atoms with Crippen molar-refractivity contribution in [1.82, 2.24) is 0 Å². The molecule has 3 N–H and O–H groups in total. The molecule has 0 bridgehead atoms. The number of anilines is 1. The molecule has 0 aliphatic heterocycles. The second kappa shape index (κ2) is 8.31. The first-order valence-electron chi connectivity index (χ1n) is 4.79. The van der Waals surface area contributed by atoms with E-state index in [-0.39, 0.29) is 24.6 Å². The molecule has 0 radical (unpaired) electrons. The number of hydrogen-bond donors (Lipinski definition) is 3. The Morgan fingerprint density at radius 3 is 2.47 bits per heavy atom. The second-order valence-electron chi connectivity index (χ2n) is 3.02. The number of hydrogen-bond acceptors (Lipinski definition) is 6. The SMILES string of the molecule is COC.O=[N+]([O-])c1ccc(NCCO)c(O)c1. The molecule has 0 heterocycles. The van der Waals surface area contributed by atoms with E-state index >= 15 is 0 Å². The summed E-state index contributed by atoms with van der Waals surface area (Å²) in [6.45, 7) is 0.210. The van der Waals surface area contributed by atoms with E-state index in [9.17, 15) is 15.2 Å². The van der Waals surface area contributed by atoms with Crippen molar-refractivity contribution in [2.45, 2.75) is 0 Å². The third kappa shape index (κ3) is 5.69. The molecule has 7 nitrogen and oxygen atoms in total. The zero-order valence-electron chi connectivity index (χ0n) is 9.71. The maximum absolute atomic E-state index is 10.3. The molecule has 0 aromatic heterocycles. The average molecular weight is 244 g/mol. The number of benzene rings is 1. The summed E-state index contributed by atoms with van der Waals surface area (Å²) in [6.07, 6.45) is 0. The number of aliphatic hydroxyl groups excluding tert-OH is 1. The predicted octanol–water partition coefficient (Wildman–Crippen LogP) is 0.967. The van der Waals surface area contributed by atoms with Crippen LogP contribution in [-0.4, -0.2) is 42.5 Å². The summed E-state index contributed by atoms with van der Waals surface area (Å²) in [4.78, 5) is 9.72. The molecule has 7 heteroatoms. The lowest BCUT2D eigenvalue weighted by Gasteiger charge is -2.05. The fourth-order valence-electron chi connectivity index (χ4n) is 0.974. The van der Waals surface area contributed by atoms with Crippen LogP contribution in [0.25, 0.3) is 0 Å². The highest BCUT2D eigenvalue weighted by atomic mass is 16.6. The highest BCUT2D eigenvalue weighted by Crippen LogP contribution is 2.27. The zero-order valence-corrected chi connectivity index (χ0v) is 9.71. The van der Waals surface area contributed by atoms with Crippen LogP contribution in [0.2, 0.25) is 0 Å². The van der Waals surface area contributed by atoms with Crippen molar-refractivity contribution in [3.63, 3.8) is 0 Å². The lowest BCUT2D eigenvalue weighted by atomic mass is 10.2. The first-order chi connectivity index (χ1) is 8.06. The van der Waals surface area contributed by atoms with Gasteiger partial charge >= 0.3 is 0 Å². The molecule has 0 aliphatic carbocycles. The van der Waals surface area contributed by atoms with Crippen LogP contribution in [-0.2, 0) is 4.74 Å². The number of nitrogens with one attached hydrogen (secondary N) is 1. The Morgan fingerprint density at radius 1 is 1.47 bits per heavy atom. The molecular formula is C10H16N2O5. The molecule has 0 saturated heterocycles. The molecule has 0 fully saturated rings. The number of aromatic hydroxyl groups is 1. The third-order valence-electron chi connectivity index (χ3n) is 1.62. The maximum atomic E-state index is 10.3. The molecule has 0 amide bonds. The number of phenolic OH excluding ortho intramolecular Hbond substituents is 1. The standard InChI is InChI=1S/C8H10N2O4.C2H6O/c11-4-3-9-7-2-1-6(10(13)14)5-8(7)12;1-3-2/h1-2,5,9,11-12H,3-4H2;1-2H3. The monoisotopic (exact) mass is 244 g/mol. The fourth-order valence-corrected chi connectivity index (χ4v) is 0.974. The van der Waals surface area contributed by atoms with Gasteiger partial charge in [0.05, 0.1) is 23.3 Å². The van der Waals surface area contributed by atoms with E-state index in [1.807, 2.05) is 0 Å². The number of non-ortho nitro benzene ring substituents is 1. The van der Waals surface area contributed by atoms with Crippen molar-refractivity contribution in [3.05, 3.63) is 28.3 Å². The largest absolute Gasteiger partial charge is 0.506 e. The number of nitrogens with zero attached hydrogens (tertiary/aromatic N) is 1. The Balaban J connectivity index is 0.000000770. The Bertz CT molecular complexity index is 357. The molecule has 0 atom stereocenters. The minimum Gasteiger partial charge on any atom is -0.506 e. The number of phenols is 1. The van der Waals surface area contributed by atoms with Gasteiger partial charge in [0.25, 0.3) is 5.69 Å². The molecule has 1 aromatic carbocycles. The average Bonchev–Trinajstić information content (AvgIpc) is 2.28. The zero-order chi connectivity index (χ0) is 13.3. The van der Waals surface area contributed by atoms with E-state index < -0.39 is 4.92 Å². The molecule has 96 valence electrons. The molecule has 0 saturated carbocycles. The number of rotatable bonds is 4. The summed E-state index contributed by atoms with van der Waals surface area (Å²) in [6, 6.07) is 3.72. The summed E-state index contributed by atoms with van der Waals surface area (Å²) in [5, 5.41) is 30.8. The minimum atomic E-state index is -0.588. The summed E-state index contributed by atoms with van der Waals surface area (Å²) in [7, 11) is 3.25. The van der Waals surface area contributed by atoms with Crippen LogP contribution in [0.15, 0.2) is 18.2 Å². The van der Waals surface area contributed by atoms with Gasteiger partial charge < -0.3 is 20.3 Å².